The predicted molar refractivity (Wildman–Crippen MR) is 111 cm³/mol. The van der Waals surface area contributed by atoms with E-state index in [-0.39, 0.29) is 30.5 Å². The first-order valence-electron chi connectivity index (χ1n) is 9.91. The summed E-state index contributed by atoms with van der Waals surface area (Å²) in [7, 11) is 7.76. The predicted octanol–water partition coefficient (Wildman–Crippen LogP) is 3.51. The SMILES string of the molecule is COC(=O)C1CC(c2cc(OC)c(OC)cc2OC)C1c1cc(OC)c2c(c1)OCO2. The van der Waals surface area contributed by atoms with Gasteiger partial charge in [0.15, 0.2) is 23.0 Å². The molecule has 2 aromatic carbocycles. The Morgan fingerprint density at radius 3 is 2.16 bits per heavy atom. The van der Waals surface area contributed by atoms with E-state index in [9.17, 15) is 4.79 Å². The topological polar surface area (TPSA) is 81.7 Å². The molecule has 1 aliphatic carbocycles. The van der Waals surface area contributed by atoms with Gasteiger partial charge < -0.3 is 33.2 Å². The highest BCUT2D eigenvalue weighted by molar-refractivity contribution is 5.76. The first kappa shape index (κ1) is 21.0. The standard InChI is InChI=1S/C23H26O8/c1-25-16-10-18(27-3)17(26-2)9-13(16)14-8-15(23(24)29-5)21(14)12-6-19(28-4)22-20(7-12)30-11-31-22/h6-7,9-10,14-15,21H,8,11H2,1-5H3. The molecule has 0 radical (unpaired) electrons. The van der Waals surface area contributed by atoms with Crippen LogP contribution in [0.1, 0.15) is 29.4 Å². The maximum atomic E-state index is 12.5. The average Bonchev–Trinajstić information content (AvgIpc) is 3.25. The van der Waals surface area contributed by atoms with E-state index >= 15 is 0 Å². The number of carbonyl (C=O) groups is 1. The quantitative estimate of drug-likeness (QED) is 0.618. The van der Waals surface area contributed by atoms with Crippen LogP contribution in [0.15, 0.2) is 24.3 Å². The molecule has 0 bridgehead atoms. The average molecular weight is 430 g/mol. The van der Waals surface area contributed by atoms with E-state index in [1.807, 2.05) is 18.2 Å². The minimum Gasteiger partial charge on any atom is -0.496 e. The number of carbonyl (C=O) groups excluding carboxylic acids is 1. The van der Waals surface area contributed by atoms with Crippen LogP contribution in [0, 0.1) is 5.92 Å². The van der Waals surface area contributed by atoms with Crippen LogP contribution in [0.25, 0.3) is 0 Å². The number of esters is 1. The van der Waals surface area contributed by atoms with Crippen molar-refractivity contribution < 1.29 is 38.0 Å². The fraction of sp³-hybridized carbons (Fsp3) is 0.435. The second kappa shape index (κ2) is 8.45. The van der Waals surface area contributed by atoms with E-state index < -0.39 is 0 Å². The van der Waals surface area contributed by atoms with Crippen LogP contribution in [0.5, 0.6) is 34.5 Å². The fourth-order valence-electron chi connectivity index (χ4n) is 4.52. The van der Waals surface area contributed by atoms with Gasteiger partial charge in [0.2, 0.25) is 12.5 Å². The van der Waals surface area contributed by atoms with Crippen molar-refractivity contribution in [1.82, 2.24) is 0 Å². The summed E-state index contributed by atoms with van der Waals surface area (Å²) in [6, 6.07) is 7.52. The summed E-state index contributed by atoms with van der Waals surface area (Å²) in [5, 5.41) is 0. The van der Waals surface area contributed by atoms with Crippen molar-refractivity contribution in [1.29, 1.82) is 0 Å². The second-order valence-corrected chi connectivity index (χ2v) is 7.40. The fourth-order valence-corrected chi connectivity index (χ4v) is 4.52. The third-order valence-electron chi connectivity index (χ3n) is 6.08. The van der Waals surface area contributed by atoms with E-state index in [0.29, 0.717) is 40.9 Å². The lowest BCUT2D eigenvalue weighted by Gasteiger charge is -2.44. The van der Waals surface area contributed by atoms with Crippen LogP contribution in [-0.4, -0.2) is 48.3 Å². The van der Waals surface area contributed by atoms with Gasteiger partial charge in [-0.1, -0.05) is 0 Å². The molecule has 0 aromatic heterocycles. The summed E-state index contributed by atoms with van der Waals surface area (Å²) >= 11 is 0. The number of benzene rings is 2. The molecule has 3 atom stereocenters. The molecule has 8 heteroatoms. The van der Waals surface area contributed by atoms with Gasteiger partial charge in [0.25, 0.3) is 0 Å². The zero-order valence-electron chi connectivity index (χ0n) is 18.2. The Bertz CT molecular complexity index is 986. The number of fused-ring (bicyclic) bond motifs is 1. The summed E-state index contributed by atoms with van der Waals surface area (Å²) in [4.78, 5) is 12.5. The molecule has 0 spiro atoms. The summed E-state index contributed by atoms with van der Waals surface area (Å²) in [5.74, 6) is 2.85. The summed E-state index contributed by atoms with van der Waals surface area (Å²) in [5.41, 5.74) is 1.84. The van der Waals surface area contributed by atoms with Gasteiger partial charge in [0.05, 0.1) is 41.5 Å². The third-order valence-corrected chi connectivity index (χ3v) is 6.08. The Kier molecular flexibility index (Phi) is 5.71. The Morgan fingerprint density at radius 2 is 1.52 bits per heavy atom. The molecule has 1 heterocycles. The molecule has 2 aliphatic rings. The van der Waals surface area contributed by atoms with E-state index in [4.69, 9.17) is 33.2 Å². The van der Waals surface area contributed by atoms with E-state index in [0.717, 1.165) is 11.1 Å². The van der Waals surface area contributed by atoms with Gasteiger partial charge in [0.1, 0.15) is 5.75 Å². The van der Waals surface area contributed by atoms with Crippen molar-refractivity contribution in [3.05, 3.63) is 35.4 Å². The Labute approximate surface area is 180 Å². The van der Waals surface area contributed by atoms with E-state index in [1.165, 1.54) is 7.11 Å². The molecule has 166 valence electrons. The maximum Gasteiger partial charge on any atom is 0.309 e. The van der Waals surface area contributed by atoms with Crippen LogP contribution in [-0.2, 0) is 9.53 Å². The van der Waals surface area contributed by atoms with Crippen LogP contribution >= 0.6 is 0 Å². The Morgan fingerprint density at radius 1 is 0.839 bits per heavy atom. The lowest BCUT2D eigenvalue weighted by atomic mass is 9.59. The maximum absolute atomic E-state index is 12.5. The molecule has 0 N–H and O–H groups in total. The van der Waals surface area contributed by atoms with E-state index in [1.54, 1.807) is 34.5 Å². The molecular weight excluding hydrogens is 404 g/mol. The van der Waals surface area contributed by atoms with E-state index in [2.05, 4.69) is 0 Å². The summed E-state index contributed by atoms with van der Waals surface area (Å²) in [6.45, 7) is 0.132. The van der Waals surface area contributed by atoms with Crippen molar-refractivity contribution >= 4 is 5.97 Å². The first-order chi connectivity index (χ1) is 15.1. The highest BCUT2D eigenvalue weighted by Gasteiger charge is 2.49. The molecule has 1 saturated carbocycles. The number of rotatable bonds is 7. The van der Waals surface area contributed by atoms with Crippen molar-refractivity contribution in [3.63, 3.8) is 0 Å². The Balaban J connectivity index is 1.80. The third kappa shape index (κ3) is 3.45. The zero-order chi connectivity index (χ0) is 22.1. The Hall–Kier alpha value is -3.29. The van der Waals surface area contributed by atoms with Gasteiger partial charge in [-0.2, -0.15) is 0 Å². The molecule has 1 fully saturated rings. The second-order valence-electron chi connectivity index (χ2n) is 7.40. The number of methoxy groups -OCH3 is 5. The van der Waals surface area contributed by atoms with Gasteiger partial charge in [0, 0.05) is 17.5 Å². The van der Waals surface area contributed by atoms with Gasteiger partial charge in [-0.15, -0.1) is 0 Å². The molecular formula is C23H26O8. The van der Waals surface area contributed by atoms with Gasteiger partial charge >= 0.3 is 5.97 Å². The number of hydrogen-bond acceptors (Lipinski definition) is 8. The van der Waals surface area contributed by atoms with Gasteiger partial charge in [-0.25, -0.2) is 0 Å². The van der Waals surface area contributed by atoms with Gasteiger partial charge in [-0.05, 0) is 36.1 Å². The summed E-state index contributed by atoms with van der Waals surface area (Å²) < 4.78 is 38.3. The minimum atomic E-state index is -0.308. The van der Waals surface area contributed by atoms with Crippen molar-refractivity contribution in [2.45, 2.75) is 18.3 Å². The molecule has 4 rings (SSSR count). The normalized spacial score (nSPS) is 21.1. The van der Waals surface area contributed by atoms with Crippen molar-refractivity contribution in [2.24, 2.45) is 5.92 Å². The molecule has 1 aliphatic heterocycles. The molecule has 0 amide bonds. The van der Waals surface area contributed by atoms with Crippen LogP contribution in [0.3, 0.4) is 0 Å². The molecule has 2 aromatic rings. The highest BCUT2D eigenvalue weighted by Crippen LogP contribution is 2.58. The smallest absolute Gasteiger partial charge is 0.309 e. The number of ether oxygens (including phenoxy) is 7. The minimum absolute atomic E-state index is 0.0102. The highest BCUT2D eigenvalue weighted by atomic mass is 16.7. The van der Waals surface area contributed by atoms with Crippen LogP contribution in [0.4, 0.5) is 0 Å². The van der Waals surface area contributed by atoms with Gasteiger partial charge in [-0.3, -0.25) is 4.79 Å². The first-order valence-corrected chi connectivity index (χ1v) is 9.91. The van der Waals surface area contributed by atoms with Crippen LogP contribution < -0.4 is 28.4 Å². The van der Waals surface area contributed by atoms with Crippen molar-refractivity contribution in [3.8, 4) is 34.5 Å². The lowest BCUT2D eigenvalue weighted by molar-refractivity contribution is -0.150. The molecule has 31 heavy (non-hydrogen) atoms. The van der Waals surface area contributed by atoms with Crippen molar-refractivity contribution in [2.75, 3.05) is 42.3 Å². The molecule has 8 nitrogen and oxygen atoms in total. The van der Waals surface area contributed by atoms with Crippen LogP contribution in [0.2, 0.25) is 0 Å². The molecule has 3 unspecified atom stereocenters. The summed E-state index contributed by atoms with van der Waals surface area (Å²) in [6.07, 6.45) is 0.611. The monoisotopic (exact) mass is 430 g/mol. The largest absolute Gasteiger partial charge is 0.496 e. The number of hydrogen-bond donors (Lipinski definition) is 0. The zero-order valence-corrected chi connectivity index (χ0v) is 18.2. The molecule has 0 saturated heterocycles. The lowest BCUT2D eigenvalue weighted by Crippen LogP contribution is -2.39.